The van der Waals surface area contributed by atoms with Crippen LogP contribution in [0.2, 0.25) is 0 Å². The first-order valence-corrected chi connectivity index (χ1v) is 8.97. The number of anilines is 1. The lowest BCUT2D eigenvalue weighted by atomic mass is 10.0. The number of halogens is 2. The molecule has 0 aliphatic carbocycles. The average Bonchev–Trinajstić information content (AvgIpc) is 3.10. The molecule has 0 radical (unpaired) electrons. The molecule has 1 aromatic heterocycles. The van der Waals surface area contributed by atoms with E-state index in [0.29, 0.717) is 33.5 Å². The Kier molecular flexibility index (Phi) is 4.75. The summed E-state index contributed by atoms with van der Waals surface area (Å²) in [5.74, 6) is -2.25. The number of benzene rings is 3. The smallest absolute Gasteiger partial charge is 0.248 e. The zero-order valence-electron chi connectivity index (χ0n) is 15.8. The number of imidazole rings is 1. The van der Waals surface area contributed by atoms with E-state index < -0.39 is 17.5 Å². The highest BCUT2D eigenvalue weighted by Gasteiger charge is 2.13. The molecule has 0 aliphatic rings. The molecule has 0 saturated carbocycles. The lowest BCUT2D eigenvalue weighted by Gasteiger charge is -2.13. The van der Waals surface area contributed by atoms with Crippen LogP contribution in [0.1, 0.15) is 17.3 Å². The van der Waals surface area contributed by atoms with Crippen LogP contribution in [0.3, 0.4) is 0 Å². The number of primary amides is 1. The Labute approximate surface area is 170 Å². The van der Waals surface area contributed by atoms with Gasteiger partial charge in [0.25, 0.3) is 0 Å². The average molecular weight is 406 g/mol. The number of amides is 2. The molecule has 0 aliphatic heterocycles. The van der Waals surface area contributed by atoms with E-state index in [2.05, 4.69) is 10.3 Å². The maximum Gasteiger partial charge on any atom is 0.248 e. The fraction of sp³-hybridized carbons (Fsp3) is 0.0455. The van der Waals surface area contributed by atoms with Gasteiger partial charge in [-0.3, -0.25) is 14.2 Å². The van der Waals surface area contributed by atoms with E-state index in [1.165, 1.54) is 19.1 Å². The highest BCUT2D eigenvalue weighted by atomic mass is 19.1. The summed E-state index contributed by atoms with van der Waals surface area (Å²) >= 11 is 0. The van der Waals surface area contributed by atoms with E-state index >= 15 is 0 Å². The van der Waals surface area contributed by atoms with Gasteiger partial charge in [0, 0.05) is 35.5 Å². The molecule has 4 aromatic rings. The number of carbonyl (C=O) groups excluding carboxylic acids is 2. The van der Waals surface area contributed by atoms with Crippen molar-refractivity contribution in [3.8, 4) is 16.8 Å². The van der Waals surface area contributed by atoms with Crippen LogP contribution in [0.15, 0.2) is 60.9 Å². The Hall–Kier alpha value is -4.07. The molecule has 3 aromatic carbocycles. The number of rotatable bonds is 4. The van der Waals surface area contributed by atoms with Crippen LogP contribution < -0.4 is 11.1 Å². The molecule has 0 bridgehead atoms. The van der Waals surface area contributed by atoms with Gasteiger partial charge in [0.1, 0.15) is 18.0 Å². The monoisotopic (exact) mass is 406 g/mol. The number of fused-ring (bicyclic) bond motifs is 1. The van der Waals surface area contributed by atoms with Crippen LogP contribution in [0.4, 0.5) is 14.5 Å². The summed E-state index contributed by atoms with van der Waals surface area (Å²) < 4.78 is 29.5. The second-order valence-electron chi connectivity index (χ2n) is 6.76. The number of hydrogen-bond donors (Lipinski definition) is 2. The molecule has 3 N–H and O–H groups in total. The minimum atomic E-state index is -0.720. The minimum absolute atomic E-state index is 0.185. The third-order valence-corrected chi connectivity index (χ3v) is 4.59. The van der Waals surface area contributed by atoms with Crippen molar-refractivity contribution in [2.45, 2.75) is 6.92 Å². The second-order valence-corrected chi connectivity index (χ2v) is 6.76. The van der Waals surface area contributed by atoms with E-state index in [-0.39, 0.29) is 11.5 Å². The van der Waals surface area contributed by atoms with E-state index in [4.69, 9.17) is 5.73 Å². The number of carbonyl (C=O) groups is 2. The van der Waals surface area contributed by atoms with Gasteiger partial charge in [-0.15, -0.1) is 0 Å². The van der Waals surface area contributed by atoms with Gasteiger partial charge in [0.2, 0.25) is 11.8 Å². The summed E-state index contributed by atoms with van der Waals surface area (Å²) in [6.45, 7) is 1.36. The molecule has 6 nitrogen and oxygen atoms in total. The van der Waals surface area contributed by atoms with Gasteiger partial charge < -0.3 is 11.1 Å². The second kappa shape index (κ2) is 7.40. The SMILES string of the molecule is CC(=O)Nc1cc(-c2ccc(F)cc2F)cc(-n2cnc3cc(C(N)=O)ccc32)c1. The van der Waals surface area contributed by atoms with Crippen molar-refractivity contribution in [3.63, 3.8) is 0 Å². The Balaban J connectivity index is 1.90. The van der Waals surface area contributed by atoms with Gasteiger partial charge in [-0.25, -0.2) is 13.8 Å². The third kappa shape index (κ3) is 3.62. The molecule has 0 saturated heterocycles. The number of nitrogens with one attached hydrogen (secondary N) is 1. The van der Waals surface area contributed by atoms with E-state index in [9.17, 15) is 18.4 Å². The van der Waals surface area contributed by atoms with Crippen LogP contribution in [0, 0.1) is 11.6 Å². The predicted molar refractivity (Wildman–Crippen MR) is 109 cm³/mol. The van der Waals surface area contributed by atoms with Crippen molar-refractivity contribution in [2.75, 3.05) is 5.32 Å². The van der Waals surface area contributed by atoms with Crippen LogP contribution >= 0.6 is 0 Å². The summed E-state index contributed by atoms with van der Waals surface area (Å²) in [5.41, 5.74) is 8.55. The van der Waals surface area contributed by atoms with E-state index in [0.717, 1.165) is 6.07 Å². The third-order valence-electron chi connectivity index (χ3n) is 4.59. The topological polar surface area (TPSA) is 90.0 Å². The van der Waals surface area contributed by atoms with E-state index in [1.807, 2.05) is 0 Å². The molecule has 4 rings (SSSR count). The van der Waals surface area contributed by atoms with Crippen molar-refractivity contribution in [1.82, 2.24) is 9.55 Å². The molecule has 1 heterocycles. The molecule has 0 unspecified atom stereocenters. The zero-order valence-corrected chi connectivity index (χ0v) is 15.8. The molecular weight excluding hydrogens is 390 g/mol. The molecule has 0 atom stereocenters. The van der Waals surface area contributed by atoms with Crippen LogP contribution in [0.5, 0.6) is 0 Å². The summed E-state index contributed by atoms with van der Waals surface area (Å²) in [4.78, 5) is 27.3. The van der Waals surface area contributed by atoms with Crippen LogP contribution in [-0.4, -0.2) is 21.4 Å². The molecule has 8 heteroatoms. The Bertz CT molecular complexity index is 1310. The normalized spacial score (nSPS) is 10.9. The fourth-order valence-corrected chi connectivity index (χ4v) is 3.28. The number of aromatic nitrogens is 2. The van der Waals surface area contributed by atoms with Crippen molar-refractivity contribution < 1.29 is 18.4 Å². The first-order chi connectivity index (χ1) is 14.3. The minimum Gasteiger partial charge on any atom is -0.366 e. The summed E-state index contributed by atoms with van der Waals surface area (Å²) in [6.07, 6.45) is 1.55. The van der Waals surface area contributed by atoms with Gasteiger partial charge >= 0.3 is 0 Å². The molecule has 150 valence electrons. The van der Waals surface area contributed by atoms with Crippen LogP contribution in [-0.2, 0) is 4.79 Å². The van der Waals surface area contributed by atoms with Gasteiger partial charge in [0.05, 0.1) is 11.0 Å². The predicted octanol–water partition coefficient (Wildman–Crippen LogP) is 4.03. The summed E-state index contributed by atoms with van der Waals surface area (Å²) in [6, 6.07) is 13.2. The lowest BCUT2D eigenvalue weighted by molar-refractivity contribution is -0.114. The Morgan fingerprint density at radius 2 is 1.83 bits per heavy atom. The molecule has 0 spiro atoms. The van der Waals surface area contributed by atoms with E-state index in [1.54, 1.807) is 47.3 Å². The van der Waals surface area contributed by atoms with Crippen molar-refractivity contribution in [1.29, 1.82) is 0 Å². The molecule has 30 heavy (non-hydrogen) atoms. The van der Waals surface area contributed by atoms with Crippen molar-refractivity contribution in [3.05, 3.63) is 78.1 Å². The quantitative estimate of drug-likeness (QED) is 0.536. The lowest BCUT2D eigenvalue weighted by Crippen LogP contribution is -2.10. The first kappa shape index (κ1) is 19.3. The van der Waals surface area contributed by atoms with Crippen molar-refractivity contribution >= 4 is 28.5 Å². The number of nitrogens with zero attached hydrogens (tertiary/aromatic N) is 2. The number of nitrogens with two attached hydrogens (primary N) is 1. The fourth-order valence-electron chi connectivity index (χ4n) is 3.28. The molecule has 2 amide bonds. The Morgan fingerprint density at radius 1 is 1.03 bits per heavy atom. The van der Waals surface area contributed by atoms with Gasteiger partial charge in [-0.1, -0.05) is 0 Å². The standard InChI is InChI=1S/C22H16F2N4O2/c1-12(29)27-16-6-14(18-4-3-15(23)9-19(18)24)7-17(10-16)28-11-26-20-8-13(22(25)30)2-5-21(20)28/h2-11H,1H3,(H2,25,30)(H,27,29). The maximum atomic E-state index is 14.4. The summed E-state index contributed by atoms with van der Waals surface area (Å²) in [5, 5.41) is 2.69. The molecule has 0 fully saturated rings. The largest absolute Gasteiger partial charge is 0.366 e. The highest BCUT2D eigenvalue weighted by molar-refractivity contribution is 5.96. The first-order valence-electron chi connectivity index (χ1n) is 8.97. The van der Waals surface area contributed by atoms with Crippen molar-refractivity contribution in [2.24, 2.45) is 5.73 Å². The van der Waals surface area contributed by atoms with Crippen LogP contribution in [0.25, 0.3) is 27.8 Å². The van der Waals surface area contributed by atoms with Gasteiger partial charge in [-0.05, 0) is 54.1 Å². The number of hydrogen-bond acceptors (Lipinski definition) is 3. The van der Waals surface area contributed by atoms with Gasteiger partial charge in [-0.2, -0.15) is 0 Å². The van der Waals surface area contributed by atoms with Gasteiger partial charge in [0.15, 0.2) is 0 Å². The maximum absolute atomic E-state index is 14.4. The Morgan fingerprint density at radius 3 is 2.53 bits per heavy atom. The molecular formula is C22H16F2N4O2. The zero-order chi connectivity index (χ0) is 21.4. The highest BCUT2D eigenvalue weighted by Crippen LogP contribution is 2.30. The summed E-state index contributed by atoms with van der Waals surface area (Å²) in [7, 11) is 0.